The van der Waals surface area contributed by atoms with Gasteiger partial charge in [0.1, 0.15) is 28.7 Å². The minimum atomic E-state index is -0.484. The number of imide groups is 1. The van der Waals surface area contributed by atoms with E-state index < -0.39 is 11.8 Å². The normalized spacial score (nSPS) is 13.2. The summed E-state index contributed by atoms with van der Waals surface area (Å²) in [4.78, 5) is 28.3. The van der Waals surface area contributed by atoms with Crippen molar-refractivity contribution in [1.29, 1.82) is 0 Å². The van der Waals surface area contributed by atoms with Crippen LogP contribution in [0.25, 0.3) is 5.57 Å². The Labute approximate surface area is 197 Å². The number of anilines is 2. The molecular weight excluding hydrogens is 436 g/mol. The Bertz CT molecular complexity index is 1230. The van der Waals surface area contributed by atoms with E-state index in [2.05, 4.69) is 5.32 Å². The van der Waals surface area contributed by atoms with Crippen LogP contribution in [0.4, 0.5) is 11.4 Å². The van der Waals surface area contributed by atoms with E-state index in [9.17, 15) is 9.59 Å². The lowest BCUT2D eigenvalue weighted by molar-refractivity contribution is -0.120. The van der Waals surface area contributed by atoms with Crippen LogP contribution in [0, 0.1) is 0 Å². The lowest BCUT2D eigenvalue weighted by Gasteiger charge is -2.16. The highest BCUT2D eigenvalue weighted by Crippen LogP contribution is 2.36. The smallest absolute Gasteiger partial charge is 0.282 e. The van der Waals surface area contributed by atoms with Gasteiger partial charge in [0.2, 0.25) is 0 Å². The predicted octanol–water partition coefficient (Wildman–Crippen LogP) is 4.12. The minimum absolute atomic E-state index is 0.140. The molecule has 1 aliphatic heterocycles. The van der Waals surface area contributed by atoms with E-state index in [1.165, 1.54) is 14.2 Å². The van der Waals surface area contributed by atoms with E-state index in [4.69, 9.17) is 18.9 Å². The first-order valence-electron chi connectivity index (χ1n) is 10.4. The summed E-state index contributed by atoms with van der Waals surface area (Å²) in [6, 6.07) is 18.8. The Hall–Kier alpha value is -4.46. The molecule has 0 saturated carbocycles. The summed E-state index contributed by atoms with van der Waals surface area (Å²) in [6.07, 6.45) is 0. The fraction of sp³-hybridized carbons (Fsp3) is 0.154. The molecule has 0 radical (unpaired) electrons. The summed E-state index contributed by atoms with van der Waals surface area (Å²) in [6.45, 7) is 0. The SMILES string of the molecule is COc1ccc(C2=C(Nc3cc(OC)cc(OC)c3)C(=O)N(c3ccc(OC)cc3)C2=O)cc1. The van der Waals surface area contributed by atoms with Gasteiger partial charge in [-0.1, -0.05) is 12.1 Å². The molecule has 0 aliphatic carbocycles. The van der Waals surface area contributed by atoms with Gasteiger partial charge >= 0.3 is 0 Å². The van der Waals surface area contributed by atoms with Crippen LogP contribution in [0.1, 0.15) is 5.56 Å². The molecule has 2 amide bonds. The van der Waals surface area contributed by atoms with E-state index in [-0.39, 0.29) is 11.3 Å². The molecule has 1 N–H and O–H groups in total. The average Bonchev–Trinajstić information content (AvgIpc) is 3.12. The van der Waals surface area contributed by atoms with Crippen molar-refractivity contribution in [3.63, 3.8) is 0 Å². The molecule has 0 saturated heterocycles. The number of methoxy groups -OCH3 is 4. The number of rotatable bonds is 8. The van der Waals surface area contributed by atoms with Gasteiger partial charge in [-0.3, -0.25) is 9.59 Å². The monoisotopic (exact) mass is 460 g/mol. The first-order chi connectivity index (χ1) is 16.5. The van der Waals surface area contributed by atoms with Gasteiger partial charge in [-0.05, 0) is 42.0 Å². The van der Waals surface area contributed by atoms with Crippen molar-refractivity contribution >= 4 is 28.8 Å². The second-order valence-electron chi connectivity index (χ2n) is 7.35. The quantitative estimate of drug-likeness (QED) is 0.506. The highest BCUT2D eigenvalue weighted by molar-refractivity contribution is 6.46. The number of nitrogens with one attached hydrogen (secondary N) is 1. The van der Waals surface area contributed by atoms with Gasteiger partial charge in [-0.25, -0.2) is 4.90 Å². The van der Waals surface area contributed by atoms with Crippen LogP contribution in [-0.2, 0) is 9.59 Å². The third kappa shape index (κ3) is 4.25. The zero-order chi connectivity index (χ0) is 24.2. The van der Waals surface area contributed by atoms with Gasteiger partial charge in [0.05, 0.1) is 39.7 Å². The lowest BCUT2D eigenvalue weighted by Crippen LogP contribution is -2.32. The van der Waals surface area contributed by atoms with Crippen LogP contribution in [-0.4, -0.2) is 40.3 Å². The second-order valence-corrected chi connectivity index (χ2v) is 7.35. The Morgan fingerprint density at radius 1 is 0.618 bits per heavy atom. The van der Waals surface area contributed by atoms with Crippen LogP contribution >= 0.6 is 0 Å². The summed E-state index contributed by atoms with van der Waals surface area (Å²) in [5.41, 5.74) is 1.93. The molecule has 174 valence electrons. The van der Waals surface area contributed by atoms with E-state index in [0.717, 1.165) is 4.90 Å². The molecule has 0 bridgehead atoms. The summed E-state index contributed by atoms with van der Waals surface area (Å²) in [5, 5.41) is 3.12. The van der Waals surface area contributed by atoms with Crippen LogP contribution in [0.3, 0.4) is 0 Å². The lowest BCUT2D eigenvalue weighted by atomic mass is 10.0. The van der Waals surface area contributed by atoms with Gasteiger partial charge < -0.3 is 24.3 Å². The zero-order valence-corrected chi connectivity index (χ0v) is 19.2. The summed E-state index contributed by atoms with van der Waals surface area (Å²) < 4.78 is 21.1. The molecule has 0 fully saturated rings. The number of amides is 2. The highest BCUT2D eigenvalue weighted by Gasteiger charge is 2.40. The van der Waals surface area contributed by atoms with Gasteiger partial charge in [-0.2, -0.15) is 0 Å². The third-order valence-corrected chi connectivity index (χ3v) is 5.41. The van der Waals surface area contributed by atoms with Gasteiger partial charge in [-0.15, -0.1) is 0 Å². The molecule has 3 aromatic carbocycles. The fourth-order valence-electron chi connectivity index (χ4n) is 3.66. The van der Waals surface area contributed by atoms with Gasteiger partial charge in [0.15, 0.2) is 0 Å². The Morgan fingerprint density at radius 3 is 1.62 bits per heavy atom. The standard InChI is InChI=1S/C26H24N2O6/c1-31-19-9-5-16(6-10-19)23-24(27-17-13-21(33-3)15-22(14-17)34-4)26(30)28(25(23)29)18-7-11-20(32-2)12-8-18/h5-15,27H,1-4H3. The van der Waals surface area contributed by atoms with Crippen LogP contribution in [0.2, 0.25) is 0 Å². The van der Waals surface area contributed by atoms with Crippen molar-refractivity contribution in [3.05, 3.63) is 78.0 Å². The fourth-order valence-corrected chi connectivity index (χ4v) is 3.66. The number of carbonyl (C=O) groups excluding carboxylic acids is 2. The number of carbonyl (C=O) groups is 2. The summed E-state index contributed by atoms with van der Waals surface area (Å²) in [5.74, 6) is 1.41. The second kappa shape index (κ2) is 9.58. The van der Waals surface area contributed by atoms with Crippen molar-refractivity contribution < 1.29 is 28.5 Å². The zero-order valence-electron chi connectivity index (χ0n) is 19.2. The van der Waals surface area contributed by atoms with Crippen LogP contribution in [0.15, 0.2) is 72.4 Å². The molecule has 8 nitrogen and oxygen atoms in total. The van der Waals surface area contributed by atoms with Crippen molar-refractivity contribution in [2.24, 2.45) is 0 Å². The number of benzene rings is 3. The molecule has 0 atom stereocenters. The first kappa shape index (κ1) is 22.7. The van der Waals surface area contributed by atoms with E-state index >= 15 is 0 Å². The molecule has 3 aromatic rings. The molecular formula is C26H24N2O6. The number of ether oxygens (including phenoxy) is 4. The summed E-state index contributed by atoms with van der Waals surface area (Å²) in [7, 11) is 6.19. The Balaban J connectivity index is 1.80. The maximum Gasteiger partial charge on any atom is 0.282 e. The van der Waals surface area contributed by atoms with E-state index in [1.54, 1.807) is 80.9 Å². The molecule has 0 spiro atoms. The highest BCUT2D eigenvalue weighted by atomic mass is 16.5. The predicted molar refractivity (Wildman–Crippen MR) is 129 cm³/mol. The van der Waals surface area contributed by atoms with Gasteiger partial charge in [0, 0.05) is 23.9 Å². The maximum absolute atomic E-state index is 13.6. The minimum Gasteiger partial charge on any atom is -0.497 e. The number of hydrogen-bond acceptors (Lipinski definition) is 7. The number of hydrogen-bond donors (Lipinski definition) is 1. The molecule has 4 rings (SSSR count). The number of nitrogens with zero attached hydrogens (tertiary/aromatic N) is 1. The largest absolute Gasteiger partial charge is 0.497 e. The first-order valence-corrected chi connectivity index (χ1v) is 10.4. The Kier molecular flexibility index (Phi) is 6.40. The van der Waals surface area contributed by atoms with Gasteiger partial charge in [0.25, 0.3) is 11.8 Å². The van der Waals surface area contributed by atoms with E-state index in [1.807, 2.05) is 0 Å². The molecule has 34 heavy (non-hydrogen) atoms. The molecule has 8 heteroatoms. The molecule has 0 unspecified atom stereocenters. The van der Waals surface area contributed by atoms with E-state index in [0.29, 0.717) is 39.9 Å². The molecule has 1 aliphatic rings. The van der Waals surface area contributed by atoms with Crippen molar-refractivity contribution in [2.45, 2.75) is 0 Å². The van der Waals surface area contributed by atoms with Crippen molar-refractivity contribution in [3.8, 4) is 23.0 Å². The maximum atomic E-state index is 13.6. The van der Waals surface area contributed by atoms with Crippen molar-refractivity contribution in [1.82, 2.24) is 0 Å². The third-order valence-electron chi connectivity index (χ3n) is 5.41. The van der Waals surface area contributed by atoms with Crippen LogP contribution < -0.4 is 29.2 Å². The van der Waals surface area contributed by atoms with Crippen molar-refractivity contribution in [2.75, 3.05) is 38.7 Å². The molecule has 0 aromatic heterocycles. The molecule has 1 heterocycles. The Morgan fingerprint density at radius 2 is 1.12 bits per heavy atom. The average molecular weight is 460 g/mol. The van der Waals surface area contributed by atoms with Crippen LogP contribution in [0.5, 0.6) is 23.0 Å². The topological polar surface area (TPSA) is 86.3 Å². The summed E-state index contributed by atoms with van der Waals surface area (Å²) >= 11 is 0.